The summed E-state index contributed by atoms with van der Waals surface area (Å²) < 4.78 is 1.47. The summed E-state index contributed by atoms with van der Waals surface area (Å²) in [6.07, 6.45) is 2.71. The maximum atomic E-state index is 2.71. The van der Waals surface area contributed by atoms with Gasteiger partial charge in [-0.1, -0.05) is 0 Å². The number of rotatable bonds is 3. The van der Waals surface area contributed by atoms with Crippen LogP contribution in [0.2, 0.25) is 16.7 Å². The van der Waals surface area contributed by atoms with Crippen LogP contribution in [0, 0.1) is 13.8 Å². The summed E-state index contributed by atoms with van der Waals surface area (Å²) in [6, 6.07) is 16.3. The van der Waals surface area contributed by atoms with Crippen LogP contribution in [-0.4, -0.2) is 5.43 Å². The van der Waals surface area contributed by atoms with Crippen molar-refractivity contribution in [3.05, 3.63) is 98.7 Å². The Hall–Kier alpha value is -1.24. The van der Waals surface area contributed by atoms with Gasteiger partial charge >= 0.3 is 192 Å². The van der Waals surface area contributed by atoms with Crippen LogP contribution in [0.4, 0.5) is 0 Å². The van der Waals surface area contributed by atoms with E-state index < -0.39 is 20.4 Å². The summed E-state index contributed by atoms with van der Waals surface area (Å²) in [7, 11) is 0. The molecule has 154 valence electrons. The molecule has 0 radical (unpaired) electrons. The molecule has 0 amide bonds. The summed E-state index contributed by atoms with van der Waals surface area (Å²) in [5, 5.41) is 0. The van der Waals surface area contributed by atoms with Crippen molar-refractivity contribution >= 4 is 11.0 Å². The zero-order chi connectivity index (χ0) is 21.7. The molecule has 0 spiro atoms. The second kappa shape index (κ2) is 8.36. The number of hydrogen-bond donors (Lipinski definition) is 0. The Morgan fingerprint density at radius 3 is 2.00 bits per heavy atom. The van der Waals surface area contributed by atoms with Crippen LogP contribution < -0.4 is 0 Å². The van der Waals surface area contributed by atoms with Crippen molar-refractivity contribution in [2.75, 3.05) is 0 Å². The third-order valence-electron chi connectivity index (χ3n) is 7.43. The normalized spacial score (nSPS) is 18.8. The maximum absolute atomic E-state index is 2.71. The molecule has 0 saturated carbocycles. The summed E-state index contributed by atoms with van der Waals surface area (Å²) in [4.78, 5) is 0. The molecule has 2 aliphatic carbocycles. The zero-order valence-electron chi connectivity index (χ0n) is 19.8. The molecule has 0 aliphatic heterocycles. The molecule has 0 bridgehead atoms. The Kier molecular flexibility index (Phi) is 6.12. The van der Waals surface area contributed by atoms with Crippen LogP contribution in [0.5, 0.6) is 0 Å². The van der Waals surface area contributed by atoms with Gasteiger partial charge in [0, 0.05) is 0 Å². The van der Waals surface area contributed by atoms with Gasteiger partial charge in [-0.15, -0.1) is 0 Å². The van der Waals surface area contributed by atoms with Crippen LogP contribution in [0.1, 0.15) is 59.1 Å². The van der Waals surface area contributed by atoms with Crippen molar-refractivity contribution in [1.82, 2.24) is 0 Å². The fraction of sp³-hybridized carbons (Fsp3) is 0.357. The first-order valence-corrected chi connectivity index (χ1v) is 20.2. The third kappa shape index (κ3) is 3.55. The van der Waals surface area contributed by atoms with Gasteiger partial charge in [-0.05, 0) is 0 Å². The molecule has 1 atom stereocenters. The van der Waals surface area contributed by atoms with Crippen LogP contribution >= 0.6 is 0 Å². The number of fused-ring (bicyclic) bond motifs is 1. The SMILES string of the molecule is CC1=C(C)[CH]([Zr]([CH]2C=C(c3ccc(C)cc3C)c3ccccc32)=[Si](C)C)C(C)=C1C. The van der Waals surface area contributed by atoms with Gasteiger partial charge in [0.1, 0.15) is 0 Å². The van der Waals surface area contributed by atoms with E-state index in [2.05, 4.69) is 103 Å². The first-order chi connectivity index (χ1) is 14.2. The summed E-state index contributed by atoms with van der Waals surface area (Å²) in [6.45, 7) is 19.3. The van der Waals surface area contributed by atoms with Gasteiger partial charge in [0.2, 0.25) is 0 Å². The van der Waals surface area contributed by atoms with Crippen molar-refractivity contribution in [2.24, 2.45) is 0 Å². The van der Waals surface area contributed by atoms with E-state index in [9.17, 15) is 0 Å². The molecule has 4 rings (SSSR count). The Morgan fingerprint density at radius 2 is 1.40 bits per heavy atom. The quantitative estimate of drug-likeness (QED) is 0.382. The average molecular weight is 490 g/mol. The molecular formula is C28H34SiZr. The number of hydrogen-bond acceptors (Lipinski definition) is 0. The fourth-order valence-electron chi connectivity index (χ4n) is 5.56. The third-order valence-corrected chi connectivity index (χ3v) is 27.1. The van der Waals surface area contributed by atoms with E-state index in [1.807, 2.05) is 0 Å². The molecule has 0 saturated heterocycles. The van der Waals surface area contributed by atoms with E-state index in [0.717, 1.165) is 3.63 Å². The van der Waals surface area contributed by atoms with E-state index in [1.54, 1.807) is 27.9 Å². The van der Waals surface area contributed by atoms with Crippen molar-refractivity contribution in [2.45, 2.75) is 61.9 Å². The predicted octanol–water partition coefficient (Wildman–Crippen LogP) is 8.13. The van der Waals surface area contributed by atoms with Gasteiger partial charge < -0.3 is 0 Å². The first-order valence-electron chi connectivity index (χ1n) is 11.1. The van der Waals surface area contributed by atoms with Crippen molar-refractivity contribution in [1.29, 1.82) is 0 Å². The molecule has 0 heterocycles. The van der Waals surface area contributed by atoms with Crippen LogP contribution in [0.3, 0.4) is 0 Å². The first kappa shape index (κ1) is 22.0. The Bertz CT molecular complexity index is 1140. The van der Waals surface area contributed by atoms with Crippen molar-refractivity contribution in [3.8, 4) is 0 Å². The molecule has 2 aromatic rings. The van der Waals surface area contributed by atoms with Gasteiger partial charge in [0.15, 0.2) is 0 Å². The Balaban J connectivity index is 1.92. The molecule has 1 unspecified atom stereocenters. The van der Waals surface area contributed by atoms with Gasteiger partial charge in [-0.25, -0.2) is 0 Å². The van der Waals surface area contributed by atoms with E-state index in [-0.39, 0.29) is 5.43 Å². The van der Waals surface area contributed by atoms with Crippen LogP contribution in [0.25, 0.3) is 5.57 Å². The summed E-state index contributed by atoms with van der Waals surface area (Å²) >= 11 is -1.87. The fourth-order valence-corrected chi connectivity index (χ4v) is 26.1. The van der Waals surface area contributed by atoms with Crippen molar-refractivity contribution < 1.29 is 20.4 Å². The predicted molar refractivity (Wildman–Crippen MR) is 130 cm³/mol. The molecule has 2 aliphatic rings. The van der Waals surface area contributed by atoms with Crippen LogP contribution in [0.15, 0.2) is 70.8 Å². The van der Waals surface area contributed by atoms with E-state index in [1.165, 1.54) is 27.8 Å². The Labute approximate surface area is 191 Å². The molecule has 0 aromatic heterocycles. The van der Waals surface area contributed by atoms with E-state index >= 15 is 0 Å². The number of aryl methyl sites for hydroxylation is 2. The molecule has 2 aromatic carbocycles. The van der Waals surface area contributed by atoms with Crippen LogP contribution in [-0.2, 0) is 20.4 Å². The zero-order valence-corrected chi connectivity index (χ0v) is 23.2. The van der Waals surface area contributed by atoms with Gasteiger partial charge in [0.25, 0.3) is 0 Å². The van der Waals surface area contributed by atoms with E-state index in [4.69, 9.17) is 0 Å². The second-order valence-electron chi connectivity index (χ2n) is 9.47. The topological polar surface area (TPSA) is 0 Å². The minimum absolute atomic E-state index is 0.329. The van der Waals surface area contributed by atoms with E-state index in [0.29, 0.717) is 3.63 Å². The molecule has 2 heteroatoms. The standard InChI is InChI=1S/C17H15.C9H13.C2H6Si.Zr/c1-12-7-9-15(13(2)11-12)17-10-8-14-5-3-4-6-16(14)17;1-6-5-7(2)9(4)8(6)3;1-3-2;/h3-11H,1-2H3;5H,1-4H3;1-2H3;. The monoisotopic (exact) mass is 488 g/mol. The molecule has 0 N–H and O–H groups in total. The molecule has 0 fully saturated rings. The second-order valence-corrected chi connectivity index (χ2v) is 27.4. The number of benzene rings is 2. The van der Waals surface area contributed by atoms with Gasteiger partial charge in [-0.2, -0.15) is 0 Å². The molecular weight excluding hydrogens is 456 g/mol. The van der Waals surface area contributed by atoms with Gasteiger partial charge in [-0.3, -0.25) is 0 Å². The van der Waals surface area contributed by atoms with Crippen molar-refractivity contribution in [3.63, 3.8) is 0 Å². The number of allylic oxidation sites excluding steroid dienone is 5. The Morgan fingerprint density at radius 1 is 0.767 bits per heavy atom. The van der Waals surface area contributed by atoms with Gasteiger partial charge in [0.05, 0.1) is 0 Å². The summed E-state index contributed by atoms with van der Waals surface area (Å²) in [5.74, 6) is 0. The molecule has 30 heavy (non-hydrogen) atoms. The minimum atomic E-state index is -1.87. The summed E-state index contributed by atoms with van der Waals surface area (Å²) in [5.41, 5.74) is 15.0. The average Bonchev–Trinajstić information content (AvgIpc) is 3.16. The molecule has 0 nitrogen and oxygen atoms in total.